The standard InChI is InChI=1S/C26H29BrN2O4/c1-4-28(5-2)13-8-14-29-23(17-9-7-10-19(15-17)32-6-3)22-24(30)20-16-18(27)11-12-21(20)33-25(22)26(29)31/h7,9-12,15-16,23H,4-6,8,13-14H2,1-3H3/t23-/m0/s1. The topological polar surface area (TPSA) is 63.0 Å². The van der Waals surface area contributed by atoms with Crippen LogP contribution in [0, 0.1) is 0 Å². The fourth-order valence-corrected chi connectivity index (χ4v) is 4.88. The molecule has 4 rings (SSSR count). The van der Waals surface area contributed by atoms with Crippen LogP contribution in [0.4, 0.5) is 0 Å². The number of hydrogen-bond donors (Lipinski definition) is 0. The molecule has 0 saturated heterocycles. The third-order valence-electron chi connectivity index (χ3n) is 6.18. The van der Waals surface area contributed by atoms with Crippen LogP contribution in [0.3, 0.4) is 0 Å². The molecule has 0 N–H and O–H groups in total. The molecule has 2 aromatic carbocycles. The first-order valence-electron chi connectivity index (χ1n) is 11.5. The highest BCUT2D eigenvalue weighted by atomic mass is 79.9. The first-order valence-corrected chi connectivity index (χ1v) is 12.3. The lowest BCUT2D eigenvalue weighted by Gasteiger charge is -2.27. The van der Waals surface area contributed by atoms with E-state index in [9.17, 15) is 9.59 Å². The quantitative estimate of drug-likeness (QED) is 0.392. The van der Waals surface area contributed by atoms with Crippen molar-refractivity contribution in [3.63, 3.8) is 0 Å². The van der Waals surface area contributed by atoms with Gasteiger partial charge >= 0.3 is 0 Å². The number of hydrogen-bond acceptors (Lipinski definition) is 5. The van der Waals surface area contributed by atoms with Crippen LogP contribution in [0.1, 0.15) is 54.9 Å². The van der Waals surface area contributed by atoms with Crippen LogP contribution in [0.2, 0.25) is 0 Å². The molecular formula is C26H29BrN2O4. The fourth-order valence-electron chi connectivity index (χ4n) is 4.52. The van der Waals surface area contributed by atoms with Crippen molar-refractivity contribution in [2.24, 2.45) is 0 Å². The molecule has 174 valence electrons. The minimum Gasteiger partial charge on any atom is -0.494 e. The lowest BCUT2D eigenvalue weighted by atomic mass is 9.98. The van der Waals surface area contributed by atoms with Crippen LogP contribution in [0.5, 0.6) is 5.75 Å². The van der Waals surface area contributed by atoms with Gasteiger partial charge in [0.05, 0.1) is 23.6 Å². The van der Waals surface area contributed by atoms with Gasteiger partial charge in [-0.3, -0.25) is 9.59 Å². The minimum absolute atomic E-state index is 0.143. The molecule has 0 fully saturated rings. The zero-order chi connectivity index (χ0) is 23.5. The number of benzene rings is 2. The van der Waals surface area contributed by atoms with E-state index in [1.807, 2.05) is 37.3 Å². The zero-order valence-electron chi connectivity index (χ0n) is 19.3. The second-order valence-electron chi connectivity index (χ2n) is 8.10. The summed E-state index contributed by atoms with van der Waals surface area (Å²) in [5, 5.41) is 0.465. The van der Waals surface area contributed by atoms with Gasteiger partial charge < -0.3 is 19.0 Å². The normalized spacial score (nSPS) is 15.5. The fraction of sp³-hybridized carbons (Fsp3) is 0.385. The van der Waals surface area contributed by atoms with Gasteiger partial charge in [-0.05, 0) is 68.9 Å². The lowest BCUT2D eigenvalue weighted by Crippen LogP contribution is -2.33. The summed E-state index contributed by atoms with van der Waals surface area (Å²) >= 11 is 3.44. The Labute approximate surface area is 202 Å². The van der Waals surface area contributed by atoms with E-state index in [1.54, 1.807) is 17.0 Å². The second-order valence-corrected chi connectivity index (χ2v) is 9.02. The third kappa shape index (κ3) is 4.57. The predicted octanol–water partition coefficient (Wildman–Crippen LogP) is 5.23. The van der Waals surface area contributed by atoms with Gasteiger partial charge in [0.25, 0.3) is 5.91 Å². The van der Waals surface area contributed by atoms with E-state index in [2.05, 4.69) is 34.7 Å². The minimum atomic E-state index is -0.510. The van der Waals surface area contributed by atoms with Crippen molar-refractivity contribution in [2.45, 2.75) is 33.2 Å². The molecule has 0 bridgehead atoms. The molecule has 2 heterocycles. The van der Waals surface area contributed by atoms with Crippen LogP contribution >= 0.6 is 15.9 Å². The maximum absolute atomic E-state index is 13.6. The number of rotatable bonds is 9. The summed E-state index contributed by atoms with van der Waals surface area (Å²) in [6.45, 7) is 10.1. The summed E-state index contributed by atoms with van der Waals surface area (Å²) in [7, 11) is 0. The van der Waals surface area contributed by atoms with Gasteiger partial charge in [-0.15, -0.1) is 0 Å². The molecule has 0 spiro atoms. The average molecular weight is 513 g/mol. The molecule has 1 aromatic heterocycles. The van der Waals surface area contributed by atoms with Gasteiger partial charge in [-0.25, -0.2) is 0 Å². The Morgan fingerprint density at radius 1 is 1.09 bits per heavy atom. The van der Waals surface area contributed by atoms with Crippen LogP contribution in [-0.4, -0.2) is 48.5 Å². The average Bonchev–Trinajstić information content (AvgIpc) is 3.09. The Hall–Kier alpha value is -2.64. The summed E-state index contributed by atoms with van der Waals surface area (Å²) in [5.41, 5.74) is 1.50. The number of fused-ring (bicyclic) bond motifs is 2. The summed E-state index contributed by atoms with van der Waals surface area (Å²) in [6.07, 6.45) is 0.808. The molecule has 6 nitrogen and oxygen atoms in total. The second kappa shape index (κ2) is 10.1. The molecule has 1 amide bonds. The Morgan fingerprint density at radius 2 is 1.88 bits per heavy atom. The highest BCUT2D eigenvalue weighted by Crippen LogP contribution is 2.39. The number of amides is 1. The van der Waals surface area contributed by atoms with E-state index in [0.717, 1.165) is 36.1 Å². The van der Waals surface area contributed by atoms with Crippen LogP contribution in [0.25, 0.3) is 11.0 Å². The predicted molar refractivity (Wildman–Crippen MR) is 133 cm³/mol. The Balaban J connectivity index is 1.81. The summed E-state index contributed by atoms with van der Waals surface area (Å²) in [6, 6.07) is 12.4. The molecule has 1 aliphatic heterocycles. The maximum Gasteiger partial charge on any atom is 0.290 e. The van der Waals surface area contributed by atoms with Gasteiger partial charge in [-0.2, -0.15) is 0 Å². The SMILES string of the molecule is CCOc1cccc([C@H]2c3c(oc4ccc(Br)cc4c3=O)C(=O)N2CCCN(CC)CC)c1. The molecular weight excluding hydrogens is 484 g/mol. The summed E-state index contributed by atoms with van der Waals surface area (Å²) < 4.78 is 12.5. The first kappa shape index (κ1) is 23.5. The number of carbonyl (C=O) groups excluding carboxylic acids is 1. The van der Waals surface area contributed by atoms with Gasteiger partial charge in [-0.1, -0.05) is 41.9 Å². The van der Waals surface area contributed by atoms with Crippen molar-refractivity contribution in [1.29, 1.82) is 0 Å². The van der Waals surface area contributed by atoms with Crippen molar-refractivity contribution >= 4 is 32.8 Å². The summed E-state index contributed by atoms with van der Waals surface area (Å²) in [5.74, 6) is 0.620. The zero-order valence-corrected chi connectivity index (χ0v) is 20.9. The third-order valence-corrected chi connectivity index (χ3v) is 6.67. The van der Waals surface area contributed by atoms with Crippen molar-refractivity contribution < 1.29 is 13.9 Å². The molecule has 0 unspecified atom stereocenters. The molecule has 1 aliphatic rings. The van der Waals surface area contributed by atoms with E-state index in [4.69, 9.17) is 9.15 Å². The van der Waals surface area contributed by atoms with Gasteiger partial charge in [0.15, 0.2) is 5.43 Å². The largest absolute Gasteiger partial charge is 0.494 e. The highest BCUT2D eigenvalue weighted by Gasteiger charge is 2.42. The van der Waals surface area contributed by atoms with E-state index in [-0.39, 0.29) is 17.1 Å². The molecule has 1 atom stereocenters. The number of halogens is 1. The van der Waals surface area contributed by atoms with Gasteiger partial charge in [0.2, 0.25) is 5.76 Å². The molecule has 33 heavy (non-hydrogen) atoms. The monoisotopic (exact) mass is 512 g/mol. The van der Waals surface area contributed by atoms with Crippen LogP contribution in [0.15, 0.2) is 56.1 Å². The first-order chi connectivity index (χ1) is 16.0. The van der Waals surface area contributed by atoms with Gasteiger partial charge in [0.1, 0.15) is 11.3 Å². The molecule has 0 saturated carbocycles. The van der Waals surface area contributed by atoms with Gasteiger partial charge in [0, 0.05) is 11.0 Å². The van der Waals surface area contributed by atoms with Crippen molar-refractivity contribution in [3.05, 3.63) is 74.0 Å². The molecule has 0 radical (unpaired) electrons. The smallest absolute Gasteiger partial charge is 0.290 e. The lowest BCUT2D eigenvalue weighted by molar-refractivity contribution is 0.0720. The van der Waals surface area contributed by atoms with E-state index in [1.165, 1.54) is 0 Å². The Morgan fingerprint density at radius 3 is 2.61 bits per heavy atom. The molecule has 7 heteroatoms. The highest BCUT2D eigenvalue weighted by molar-refractivity contribution is 9.10. The maximum atomic E-state index is 13.6. The number of carbonyl (C=O) groups is 1. The Bertz CT molecular complexity index is 1220. The van der Waals surface area contributed by atoms with E-state index in [0.29, 0.717) is 35.4 Å². The molecule has 0 aliphatic carbocycles. The van der Waals surface area contributed by atoms with Crippen LogP contribution in [-0.2, 0) is 0 Å². The molecule has 3 aromatic rings. The van der Waals surface area contributed by atoms with Crippen LogP contribution < -0.4 is 10.2 Å². The van der Waals surface area contributed by atoms with E-state index >= 15 is 0 Å². The van der Waals surface area contributed by atoms with E-state index < -0.39 is 6.04 Å². The Kier molecular flexibility index (Phi) is 7.20. The van der Waals surface area contributed by atoms with Crippen molar-refractivity contribution in [2.75, 3.05) is 32.8 Å². The van der Waals surface area contributed by atoms with Crippen molar-refractivity contribution in [1.82, 2.24) is 9.80 Å². The number of nitrogens with zero attached hydrogens (tertiary/aromatic N) is 2. The number of ether oxygens (including phenoxy) is 1. The van der Waals surface area contributed by atoms with Crippen molar-refractivity contribution in [3.8, 4) is 5.75 Å². The summed E-state index contributed by atoms with van der Waals surface area (Å²) in [4.78, 5) is 31.2.